The van der Waals surface area contributed by atoms with Gasteiger partial charge in [0.05, 0.1) is 39.8 Å². The molecule has 60 heavy (non-hydrogen) atoms. The fourth-order valence-electron chi connectivity index (χ4n) is 5.99. The second kappa shape index (κ2) is 18.5. The molecule has 14 nitrogen and oxygen atoms in total. The van der Waals surface area contributed by atoms with E-state index in [0.29, 0.717) is 53.0 Å². The zero-order chi connectivity index (χ0) is 42.2. The number of aromatic nitrogens is 6. The summed E-state index contributed by atoms with van der Waals surface area (Å²) in [5.41, 5.74) is 4.70. The lowest BCUT2D eigenvalue weighted by Crippen LogP contribution is -2.12. The largest absolute Gasteiger partial charge is 0.461 e. The number of benzene rings is 3. The number of anilines is 7. The van der Waals surface area contributed by atoms with E-state index in [4.69, 9.17) is 4.74 Å². The highest BCUT2D eigenvalue weighted by Crippen LogP contribution is 2.33. The van der Waals surface area contributed by atoms with Crippen molar-refractivity contribution >= 4 is 95.2 Å². The van der Waals surface area contributed by atoms with Crippen molar-refractivity contribution in [2.75, 3.05) is 33.2 Å². The van der Waals surface area contributed by atoms with Crippen molar-refractivity contribution in [3.05, 3.63) is 141 Å². The van der Waals surface area contributed by atoms with Gasteiger partial charge >= 0.3 is 12.1 Å². The molecule has 306 valence electrons. The van der Waals surface area contributed by atoms with E-state index in [1.807, 2.05) is 42.5 Å². The average Bonchev–Trinajstić information content (AvgIpc) is 3.84. The third kappa shape index (κ3) is 10.5. The molecule has 0 unspecified atom stereocenters. The SMILES string of the molecule is CCOC(=O)c1cc2cc(Nc3ncc(Br)c(NCc4ccccn4)n3)ccc2[nH]1.O=C1Cc2ccc(Nc3ncc(Br)c(NCc4ccccc4C(F)(F)F)n3)cc2N1. The van der Waals surface area contributed by atoms with Crippen molar-refractivity contribution in [2.24, 2.45) is 0 Å². The van der Waals surface area contributed by atoms with Crippen LogP contribution in [-0.2, 0) is 35.2 Å². The van der Waals surface area contributed by atoms with E-state index >= 15 is 0 Å². The normalized spacial score (nSPS) is 11.9. The molecule has 0 spiro atoms. The zero-order valence-electron chi connectivity index (χ0n) is 31.5. The molecule has 4 aromatic heterocycles. The summed E-state index contributed by atoms with van der Waals surface area (Å²) in [4.78, 5) is 48.1. The Morgan fingerprint density at radius 3 is 2.17 bits per heavy atom. The molecule has 0 bridgehead atoms. The highest BCUT2D eigenvalue weighted by Gasteiger charge is 2.32. The smallest absolute Gasteiger partial charge is 0.416 e. The first kappa shape index (κ1) is 41.6. The third-order valence-corrected chi connectivity index (χ3v) is 9.94. The number of pyridine rings is 1. The van der Waals surface area contributed by atoms with Gasteiger partial charge in [-0.25, -0.2) is 14.8 Å². The van der Waals surface area contributed by atoms with Gasteiger partial charge in [-0.2, -0.15) is 23.1 Å². The number of ether oxygens (including phenoxy) is 1. The highest BCUT2D eigenvalue weighted by molar-refractivity contribution is 9.11. The van der Waals surface area contributed by atoms with E-state index in [-0.39, 0.29) is 29.9 Å². The first-order chi connectivity index (χ1) is 28.9. The quantitative estimate of drug-likeness (QED) is 0.0639. The number of fused-ring (bicyclic) bond motifs is 2. The Labute approximate surface area is 357 Å². The van der Waals surface area contributed by atoms with Crippen molar-refractivity contribution in [3.8, 4) is 0 Å². The Morgan fingerprint density at radius 1 is 0.817 bits per heavy atom. The van der Waals surface area contributed by atoms with Crippen LogP contribution in [0.15, 0.2) is 112 Å². The number of H-pyrrole nitrogens is 1. The van der Waals surface area contributed by atoms with Crippen molar-refractivity contribution in [1.29, 1.82) is 0 Å². The topological polar surface area (TPSA) is 184 Å². The molecule has 8 rings (SSSR count). The van der Waals surface area contributed by atoms with Crippen molar-refractivity contribution in [2.45, 2.75) is 32.6 Å². The van der Waals surface area contributed by atoms with Crippen LogP contribution in [0.25, 0.3) is 10.9 Å². The molecule has 7 aromatic rings. The third-order valence-electron chi connectivity index (χ3n) is 8.78. The van der Waals surface area contributed by atoms with Crippen LogP contribution in [-0.4, -0.2) is 48.4 Å². The summed E-state index contributed by atoms with van der Waals surface area (Å²) in [5.74, 6) is 1.27. The molecular formula is C41H34Br2F3N11O3. The van der Waals surface area contributed by atoms with Crippen LogP contribution in [0.5, 0.6) is 0 Å². The number of carbonyl (C=O) groups is 2. The fraction of sp³-hybridized carbons (Fsp3) is 0.146. The van der Waals surface area contributed by atoms with Crippen molar-refractivity contribution in [3.63, 3.8) is 0 Å². The predicted octanol–water partition coefficient (Wildman–Crippen LogP) is 9.76. The van der Waals surface area contributed by atoms with Gasteiger partial charge in [0.1, 0.15) is 17.3 Å². The maximum Gasteiger partial charge on any atom is 0.416 e. The minimum atomic E-state index is -4.43. The minimum Gasteiger partial charge on any atom is -0.461 e. The van der Waals surface area contributed by atoms with Gasteiger partial charge in [-0.15, -0.1) is 0 Å². The number of alkyl halides is 3. The number of carbonyl (C=O) groups excluding carboxylic acids is 2. The number of halogens is 5. The van der Waals surface area contributed by atoms with Gasteiger partial charge in [0.25, 0.3) is 0 Å². The highest BCUT2D eigenvalue weighted by atomic mass is 79.9. The molecule has 1 amide bonds. The number of rotatable bonds is 12. The van der Waals surface area contributed by atoms with E-state index in [9.17, 15) is 22.8 Å². The van der Waals surface area contributed by atoms with Gasteiger partial charge in [-0.05, 0) is 105 Å². The van der Waals surface area contributed by atoms with Crippen molar-refractivity contribution < 1.29 is 27.5 Å². The van der Waals surface area contributed by atoms with Gasteiger partial charge < -0.3 is 36.3 Å². The zero-order valence-corrected chi connectivity index (χ0v) is 34.7. The Balaban J connectivity index is 0.000000181. The Kier molecular flexibility index (Phi) is 12.8. The molecule has 0 aliphatic carbocycles. The molecule has 19 heteroatoms. The minimum absolute atomic E-state index is 0.0599. The maximum absolute atomic E-state index is 13.2. The summed E-state index contributed by atoms with van der Waals surface area (Å²) in [6.07, 6.45) is 0.852. The number of nitrogens with zero attached hydrogens (tertiary/aromatic N) is 5. The van der Waals surface area contributed by atoms with Crippen LogP contribution in [0.2, 0.25) is 0 Å². The van der Waals surface area contributed by atoms with Crippen LogP contribution >= 0.6 is 31.9 Å². The second-order valence-corrected chi connectivity index (χ2v) is 14.7. The summed E-state index contributed by atoms with van der Waals surface area (Å²) in [5, 5.41) is 16.1. The Morgan fingerprint density at radius 2 is 1.48 bits per heavy atom. The lowest BCUT2D eigenvalue weighted by molar-refractivity contribution is -0.138. The Bertz CT molecular complexity index is 2670. The molecule has 3 aromatic carbocycles. The molecule has 1 aliphatic rings. The molecule has 1 aliphatic heterocycles. The average molecular weight is 946 g/mol. The van der Waals surface area contributed by atoms with Gasteiger partial charge in [0.15, 0.2) is 0 Å². The molecular weight excluding hydrogens is 911 g/mol. The van der Waals surface area contributed by atoms with Crippen LogP contribution in [0.3, 0.4) is 0 Å². The summed E-state index contributed by atoms with van der Waals surface area (Å²) in [6, 6.07) is 24.0. The first-order valence-electron chi connectivity index (χ1n) is 18.3. The standard InChI is InChI=1S/C21H19BrN6O2.C20H15BrF3N5O/c1-2-30-20(29)18-10-13-9-14(6-7-17(13)27-18)26-21-25-12-16(22)19(28-21)24-11-15-5-3-4-8-23-15;21-15-10-26-19(27-13-6-5-11-7-17(30)28-16(11)8-13)29-18(15)25-9-12-3-1-2-4-14(12)20(22,23)24/h3-10,12,27H,2,11H2,1H3,(H2,24,25,26,28);1-6,8,10H,7,9H2,(H,28,30)(H2,25,26,27,29). The number of esters is 1. The van der Waals surface area contributed by atoms with E-state index < -0.39 is 11.7 Å². The van der Waals surface area contributed by atoms with E-state index in [0.717, 1.165) is 44.1 Å². The summed E-state index contributed by atoms with van der Waals surface area (Å²) < 4.78 is 45.8. The molecule has 5 heterocycles. The number of aromatic amines is 1. The fourth-order valence-corrected chi connectivity index (χ4v) is 6.65. The maximum atomic E-state index is 13.2. The summed E-state index contributed by atoms with van der Waals surface area (Å²) >= 11 is 6.78. The molecule has 0 atom stereocenters. The van der Waals surface area contributed by atoms with Crippen LogP contribution < -0.4 is 26.6 Å². The molecule has 0 radical (unpaired) electrons. The monoisotopic (exact) mass is 943 g/mol. The molecule has 0 saturated carbocycles. The summed E-state index contributed by atoms with van der Waals surface area (Å²) in [6.45, 7) is 2.59. The predicted molar refractivity (Wildman–Crippen MR) is 229 cm³/mol. The van der Waals surface area contributed by atoms with Gasteiger partial charge in [0.2, 0.25) is 17.8 Å². The molecule has 0 fully saturated rings. The number of amides is 1. The lowest BCUT2D eigenvalue weighted by Gasteiger charge is -2.14. The van der Waals surface area contributed by atoms with E-state index in [2.05, 4.69) is 88.3 Å². The van der Waals surface area contributed by atoms with Gasteiger partial charge in [0, 0.05) is 53.1 Å². The first-order valence-corrected chi connectivity index (χ1v) is 19.8. The molecule has 6 N–H and O–H groups in total. The summed E-state index contributed by atoms with van der Waals surface area (Å²) in [7, 11) is 0. The number of hydrogen-bond donors (Lipinski definition) is 6. The number of hydrogen-bond acceptors (Lipinski definition) is 12. The second-order valence-electron chi connectivity index (χ2n) is 13.0. The molecule has 0 saturated heterocycles. The van der Waals surface area contributed by atoms with Crippen LogP contribution in [0, 0.1) is 0 Å². The van der Waals surface area contributed by atoms with E-state index in [1.54, 1.807) is 43.6 Å². The number of nitrogens with one attached hydrogen (secondary N) is 6. The van der Waals surface area contributed by atoms with Gasteiger partial charge in [-0.1, -0.05) is 30.3 Å². The lowest BCUT2D eigenvalue weighted by atomic mass is 10.1. The van der Waals surface area contributed by atoms with Crippen LogP contribution in [0.4, 0.5) is 53.8 Å². The van der Waals surface area contributed by atoms with Gasteiger partial charge in [-0.3, -0.25) is 9.78 Å². The Hall–Kier alpha value is -6.60. The van der Waals surface area contributed by atoms with Crippen LogP contribution in [0.1, 0.15) is 39.8 Å². The van der Waals surface area contributed by atoms with E-state index in [1.165, 1.54) is 18.3 Å². The van der Waals surface area contributed by atoms with Crippen molar-refractivity contribution in [1.82, 2.24) is 29.9 Å².